The Morgan fingerprint density at radius 3 is 2.43 bits per heavy atom. The number of phosphoric acid groups is 1. The van der Waals surface area contributed by atoms with Gasteiger partial charge in [-0.15, -0.1) is 0 Å². The van der Waals surface area contributed by atoms with Gasteiger partial charge in [0.2, 0.25) is 0 Å². The minimum atomic E-state index is -4.63. The van der Waals surface area contributed by atoms with Crippen LogP contribution in [0.1, 0.15) is 0 Å². The molecule has 0 heterocycles. The molecule has 14 heavy (non-hydrogen) atoms. The summed E-state index contributed by atoms with van der Waals surface area (Å²) in [5.74, 6) is 0. The molecule has 6 nitrogen and oxygen atoms in total. The summed E-state index contributed by atoms with van der Waals surface area (Å²) in [6.07, 6.45) is 0. The molecule has 0 aliphatic rings. The van der Waals surface area contributed by atoms with E-state index >= 15 is 0 Å². The van der Waals surface area contributed by atoms with Crippen LogP contribution < -0.4 is 4.89 Å². The van der Waals surface area contributed by atoms with Crippen LogP contribution in [0.2, 0.25) is 0 Å². The van der Waals surface area contributed by atoms with Crippen LogP contribution in [0.15, 0.2) is 0 Å². The summed E-state index contributed by atoms with van der Waals surface area (Å²) < 4.78 is 30.2. The van der Waals surface area contributed by atoms with Crippen molar-refractivity contribution in [2.75, 3.05) is 41.2 Å². The predicted octanol–water partition coefficient (Wildman–Crippen LogP) is 0.0528. The van der Waals surface area contributed by atoms with Gasteiger partial charge in [-0.1, -0.05) is 0 Å². The molecule has 0 bridgehead atoms. The van der Waals surface area contributed by atoms with E-state index in [1.54, 1.807) is 0 Å². The van der Waals surface area contributed by atoms with Crippen molar-refractivity contribution in [2.45, 2.75) is 0 Å². The Kier molecular flexibility index (Phi) is 5.73. The maximum Gasteiger partial charge on any atom is 0.300 e. The fourth-order valence-electron chi connectivity index (χ4n) is 0.494. The first-order valence-corrected chi connectivity index (χ1v) is 5.36. The molecule has 0 spiro atoms. The molecule has 0 aliphatic heterocycles. The zero-order chi connectivity index (χ0) is 11.2. The lowest BCUT2D eigenvalue weighted by molar-refractivity contribution is -0.871. The molecule has 1 atom stereocenters. The lowest BCUT2D eigenvalue weighted by atomic mass is 10.5. The summed E-state index contributed by atoms with van der Waals surface area (Å²) in [5.41, 5.74) is 0. The molecular formula is C6H15FNO5P. The van der Waals surface area contributed by atoms with Crippen molar-refractivity contribution in [3.8, 4) is 0 Å². The van der Waals surface area contributed by atoms with Gasteiger partial charge < -0.3 is 9.38 Å². The van der Waals surface area contributed by atoms with Gasteiger partial charge in [0.05, 0.1) is 21.1 Å². The first kappa shape index (κ1) is 14.0. The first-order valence-electron chi connectivity index (χ1n) is 3.90. The van der Waals surface area contributed by atoms with Gasteiger partial charge in [0.1, 0.15) is 13.2 Å². The van der Waals surface area contributed by atoms with E-state index in [9.17, 15) is 13.8 Å². The Labute approximate surface area is 82.3 Å². The zero-order valence-electron chi connectivity index (χ0n) is 8.43. The summed E-state index contributed by atoms with van der Waals surface area (Å²) in [6, 6.07) is 0. The highest BCUT2D eigenvalue weighted by Crippen LogP contribution is 2.38. The number of likely N-dealkylation sites (N-methyl/N-ethyl adjacent to an activating group) is 1. The van der Waals surface area contributed by atoms with Crippen molar-refractivity contribution in [3.05, 3.63) is 0 Å². The molecule has 0 rings (SSSR count). The summed E-state index contributed by atoms with van der Waals surface area (Å²) in [6.45, 7) is -0.833. The fraction of sp³-hybridized carbons (Fsp3) is 1.00. The van der Waals surface area contributed by atoms with Crippen molar-refractivity contribution in [2.24, 2.45) is 0 Å². The Morgan fingerprint density at radius 2 is 2.00 bits per heavy atom. The number of hydrogen-bond donors (Lipinski definition) is 0. The van der Waals surface area contributed by atoms with E-state index in [0.717, 1.165) is 0 Å². The van der Waals surface area contributed by atoms with Crippen molar-refractivity contribution < 1.29 is 32.4 Å². The molecule has 86 valence electrons. The Hall–Kier alpha value is -0.0400. The highest BCUT2D eigenvalue weighted by atomic mass is 31.2. The van der Waals surface area contributed by atoms with Crippen LogP contribution in [0.25, 0.3) is 0 Å². The lowest BCUT2D eigenvalue weighted by Gasteiger charge is -2.24. The molecule has 0 aromatic heterocycles. The van der Waals surface area contributed by atoms with E-state index in [0.29, 0.717) is 11.0 Å². The number of halogens is 1. The van der Waals surface area contributed by atoms with Gasteiger partial charge in [-0.3, -0.25) is 9.09 Å². The smallest absolute Gasteiger partial charge is 0.300 e. The highest BCUT2D eigenvalue weighted by molar-refractivity contribution is 7.45. The van der Waals surface area contributed by atoms with Crippen LogP contribution in [0.4, 0.5) is 4.39 Å². The van der Waals surface area contributed by atoms with Gasteiger partial charge in [-0.05, 0) is 0 Å². The third-order valence-electron chi connectivity index (χ3n) is 1.20. The van der Waals surface area contributed by atoms with Crippen LogP contribution in [-0.4, -0.2) is 45.6 Å². The second kappa shape index (κ2) is 5.75. The number of nitrogens with zero attached hydrogens (tertiary/aromatic N) is 1. The molecule has 1 unspecified atom stereocenters. The van der Waals surface area contributed by atoms with E-state index in [4.69, 9.17) is 0 Å². The van der Waals surface area contributed by atoms with E-state index in [1.165, 1.54) is 0 Å². The summed E-state index contributed by atoms with van der Waals surface area (Å²) in [4.78, 5) is 14.9. The molecule has 0 radical (unpaired) electrons. The molecule has 8 heteroatoms. The normalized spacial score (nSPS) is 16.6. The average Bonchev–Trinajstić information content (AvgIpc) is 1.96. The van der Waals surface area contributed by atoms with Gasteiger partial charge in [0.15, 0.2) is 6.86 Å². The van der Waals surface area contributed by atoms with Gasteiger partial charge >= 0.3 is 0 Å². The second-order valence-corrected chi connectivity index (χ2v) is 4.90. The molecule has 0 aliphatic carbocycles. The SMILES string of the molecule is C[N+](C)(C)CCOOP(=O)([O-])OCF. The third kappa shape index (κ3) is 8.55. The van der Waals surface area contributed by atoms with Gasteiger partial charge in [-0.25, -0.2) is 9.28 Å². The number of hydrogen-bond acceptors (Lipinski definition) is 5. The zero-order valence-corrected chi connectivity index (χ0v) is 9.33. The molecule has 0 fully saturated rings. The Balaban J connectivity index is 3.59. The van der Waals surface area contributed by atoms with Gasteiger partial charge in [0, 0.05) is 0 Å². The predicted molar refractivity (Wildman–Crippen MR) is 44.6 cm³/mol. The second-order valence-electron chi connectivity index (χ2n) is 3.60. The average molecular weight is 231 g/mol. The molecule has 0 amide bonds. The Bertz CT molecular complexity index is 207. The fourth-order valence-corrected chi connectivity index (χ4v) is 0.860. The van der Waals surface area contributed by atoms with Gasteiger partial charge in [0.25, 0.3) is 7.82 Å². The van der Waals surface area contributed by atoms with Crippen LogP contribution in [0, 0.1) is 0 Å². The summed E-state index contributed by atoms with van der Waals surface area (Å²) >= 11 is 0. The quantitative estimate of drug-likeness (QED) is 0.204. The molecule has 0 saturated carbocycles. The van der Waals surface area contributed by atoms with Crippen molar-refractivity contribution in [3.63, 3.8) is 0 Å². The first-order chi connectivity index (χ1) is 6.27. The standard InChI is InChI=1S/C6H15FNO5P/c1-8(2,3)4-5-11-13-14(9,10)12-6-7/h4-6H2,1-3H3. The van der Waals surface area contributed by atoms with Crippen LogP contribution >= 0.6 is 7.82 Å². The largest absolute Gasteiger partial charge is 0.754 e. The van der Waals surface area contributed by atoms with E-state index in [1.807, 2.05) is 21.1 Å². The molecule has 0 N–H and O–H groups in total. The highest BCUT2D eigenvalue weighted by Gasteiger charge is 2.12. The maximum atomic E-state index is 11.5. The monoisotopic (exact) mass is 231 g/mol. The van der Waals surface area contributed by atoms with Crippen molar-refractivity contribution in [1.29, 1.82) is 0 Å². The molecule has 0 aromatic carbocycles. The number of rotatable bonds is 7. The van der Waals surface area contributed by atoms with E-state index < -0.39 is 14.7 Å². The van der Waals surface area contributed by atoms with Crippen LogP contribution in [0.3, 0.4) is 0 Å². The van der Waals surface area contributed by atoms with Crippen molar-refractivity contribution >= 4 is 7.82 Å². The van der Waals surface area contributed by atoms with Gasteiger partial charge in [-0.2, -0.15) is 4.67 Å². The van der Waals surface area contributed by atoms with Crippen LogP contribution in [-0.2, 0) is 18.7 Å². The topological polar surface area (TPSA) is 67.8 Å². The van der Waals surface area contributed by atoms with E-state index in [-0.39, 0.29) is 6.61 Å². The molecule has 0 aromatic rings. The number of phosphoric ester groups is 1. The molecular weight excluding hydrogens is 216 g/mol. The van der Waals surface area contributed by atoms with Crippen LogP contribution in [0.5, 0.6) is 0 Å². The minimum absolute atomic E-state index is 0.0748. The molecule has 0 saturated heterocycles. The lowest BCUT2D eigenvalue weighted by Crippen LogP contribution is -2.37. The maximum absolute atomic E-state index is 11.5. The Morgan fingerprint density at radius 1 is 1.43 bits per heavy atom. The van der Waals surface area contributed by atoms with Crippen molar-refractivity contribution in [1.82, 2.24) is 0 Å². The van der Waals surface area contributed by atoms with E-state index in [2.05, 4.69) is 14.1 Å². The minimum Gasteiger partial charge on any atom is -0.754 e. The number of alkyl halides is 1. The third-order valence-corrected chi connectivity index (χ3v) is 1.90. The number of quaternary nitrogens is 1. The summed E-state index contributed by atoms with van der Waals surface area (Å²) in [5, 5.41) is 0. The summed E-state index contributed by atoms with van der Waals surface area (Å²) in [7, 11) is 1.07.